The molecule has 0 saturated carbocycles. The zero-order chi connectivity index (χ0) is 14.0. The quantitative estimate of drug-likeness (QED) is 0.655. The number of benzene rings is 1. The summed E-state index contributed by atoms with van der Waals surface area (Å²) in [5, 5.41) is 16.5. The van der Waals surface area contributed by atoms with Crippen molar-refractivity contribution in [2.45, 2.75) is 26.2 Å². The van der Waals surface area contributed by atoms with Crippen LogP contribution >= 0.6 is 24.8 Å². The van der Waals surface area contributed by atoms with Gasteiger partial charge in [0, 0.05) is 6.42 Å². The zero-order valence-electron chi connectivity index (χ0n) is 10.1. The lowest BCUT2D eigenvalue weighted by Crippen LogP contribution is -1.91. The Kier molecular flexibility index (Phi) is 8.89. The number of carboxylic acid groups (broad SMARTS) is 1. The third-order valence-corrected chi connectivity index (χ3v) is 2.50. The van der Waals surface area contributed by atoms with E-state index in [1.54, 1.807) is 24.3 Å². The predicted octanol–water partition coefficient (Wildman–Crippen LogP) is 3.42. The van der Waals surface area contributed by atoms with Gasteiger partial charge >= 0.3 is 5.97 Å². The van der Waals surface area contributed by atoms with Crippen molar-refractivity contribution < 1.29 is 9.90 Å². The molecule has 0 atom stereocenters. The first-order chi connectivity index (χ1) is 8.51. The number of nitriles is 1. The van der Waals surface area contributed by atoms with Gasteiger partial charge in [-0.25, -0.2) is 0 Å². The van der Waals surface area contributed by atoms with Gasteiger partial charge in [-0.1, -0.05) is 37.7 Å². The Labute approximate surface area is 118 Å². The summed E-state index contributed by atoms with van der Waals surface area (Å²) in [4.78, 5) is 9.76. The summed E-state index contributed by atoms with van der Waals surface area (Å²) in [7, 11) is 0. The molecule has 5 heteroatoms. The average molecular weight is 281 g/mol. The van der Waals surface area contributed by atoms with E-state index in [2.05, 4.69) is 12.6 Å². The summed E-state index contributed by atoms with van der Waals surface area (Å²) in [6.07, 6.45) is 2.08. The highest BCUT2D eigenvalue weighted by Crippen LogP contribution is 2.06. The third-order valence-electron chi connectivity index (χ3n) is 2.01. The van der Waals surface area contributed by atoms with Crippen molar-refractivity contribution in [1.82, 2.24) is 0 Å². The lowest BCUT2D eigenvalue weighted by Gasteiger charge is -1.94. The molecule has 1 aromatic rings. The topological polar surface area (TPSA) is 61.1 Å². The molecule has 1 rings (SSSR count). The standard InChI is InChI=1S/C8H5NS2.C5H10O2/c9-5-6-1-3-7(4-2-6)8(10)11;1-2-3-4-5(6)7/h1-4H,(H,10,11);2-4H2,1H3,(H,6,7). The maximum atomic E-state index is 9.76. The molecule has 0 radical (unpaired) electrons. The molecule has 0 fully saturated rings. The summed E-state index contributed by atoms with van der Waals surface area (Å²) in [6, 6.07) is 9.04. The summed E-state index contributed by atoms with van der Waals surface area (Å²) in [5.74, 6) is -0.693. The second-order valence-electron chi connectivity index (χ2n) is 3.49. The van der Waals surface area contributed by atoms with Crippen LogP contribution in [0.4, 0.5) is 0 Å². The Hall–Kier alpha value is -1.38. The van der Waals surface area contributed by atoms with E-state index >= 15 is 0 Å². The second-order valence-corrected chi connectivity index (χ2v) is 4.65. The minimum absolute atomic E-state index is 0.316. The monoisotopic (exact) mass is 281 g/mol. The van der Waals surface area contributed by atoms with Crippen LogP contribution in [0.15, 0.2) is 24.3 Å². The van der Waals surface area contributed by atoms with E-state index in [0.29, 0.717) is 16.2 Å². The summed E-state index contributed by atoms with van der Waals surface area (Å²) >= 11 is 8.82. The maximum Gasteiger partial charge on any atom is 0.303 e. The number of unbranched alkanes of at least 4 members (excludes halogenated alkanes) is 1. The number of hydrogen-bond acceptors (Lipinski definition) is 3. The number of thiocarbonyl (C=S) groups is 1. The summed E-state index contributed by atoms with van der Waals surface area (Å²) in [5.41, 5.74) is 1.51. The van der Waals surface area contributed by atoms with Crippen LogP contribution in [0.3, 0.4) is 0 Å². The normalized spacial score (nSPS) is 8.72. The minimum atomic E-state index is -0.693. The molecule has 1 aromatic carbocycles. The smallest absolute Gasteiger partial charge is 0.303 e. The molecule has 3 nitrogen and oxygen atoms in total. The van der Waals surface area contributed by atoms with Crippen LogP contribution < -0.4 is 0 Å². The van der Waals surface area contributed by atoms with Crippen LogP contribution in [0.5, 0.6) is 0 Å². The molecular formula is C13H15NO2S2. The fourth-order valence-electron chi connectivity index (χ4n) is 1.02. The molecule has 0 bridgehead atoms. The Bertz CT molecular complexity index is 435. The highest BCUT2D eigenvalue weighted by molar-refractivity contribution is 8.11. The number of hydrogen-bond donors (Lipinski definition) is 2. The van der Waals surface area contributed by atoms with E-state index in [-0.39, 0.29) is 0 Å². The lowest BCUT2D eigenvalue weighted by molar-refractivity contribution is -0.137. The summed E-state index contributed by atoms with van der Waals surface area (Å²) < 4.78 is 0.550. The summed E-state index contributed by atoms with van der Waals surface area (Å²) in [6.45, 7) is 1.98. The van der Waals surface area contributed by atoms with Crippen LogP contribution in [0, 0.1) is 11.3 Å². The Balaban J connectivity index is 0.000000360. The van der Waals surface area contributed by atoms with Gasteiger partial charge in [-0.05, 0) is 24.1 Å². The number of rotatable bonds is 4. The SMILES string of the molecule is CCCCC(=O)O.N#Cc1ccc(C(=S)S)cc1. The van der Waals surface area contributed by atoms with Gasteiger partial charge in [0.05, 0.1) is 15.8 Å². The Morgan fingerprint density at radius 1 is 1.44 bits per heavy atom. The zero-order valence-corrected chi connectivity index (χ0v) is 11.8. The van der Waals surface area contributed by atoms with Crippen LogP contribution in [-0.2, 0) is 4.79 Å². The van der Waals surface area contributed by atoms with Gasteiger partial charge in [0.15, 0.2) is 0 Å². The first kappa shape index (κ1) is 16.6. The largest absolute Gasteiger partial charge is 0.481 e. The molecule has 0 aliphatic rings. The van der Waals surface area contributed by atoms with Crippen molar-refractivity contribution >= 4 is 35.0 Å². The van der Waals surface area contributed by atoms with E-state index in [9.17, 15) is 4.79 Å². The molecule has 0 aromatic heterocycles. The minimum Gasteiger partial charge on any atom is -0.481 e. The number of aliphatic carboxylic acids is 1. The van der Waals surface area contributed by atoms with Gasteiger partial charge in [0.25, 0.3) is 0 Å². The molecule has 96 valence electrons. The first-order valence-electron chi connectivity index (χ1n) is 5.46. The first-order valence-corrected chi connectivity index (χ1v) is 6.32. The van der Waals surface area contributed by atoms with E-state index < -0.39 is 5.97 Å². The van der Waals surface area contributed by atoms with Crippen molar-refractivity contribution in [3.63, 3.8) is 0 Å². The van der Waals surface area contributed by atoms with Crippen molar-refractivity contribution in [2.75, 3.05) is 0 Å². The predicted molar refractivity (Wildman–Crippen MR) is 79.0 cm³/mol. The number of nitrogens with zero attached hydrogens (tertiary/aromatic N) is 1. The van der Waals surface area contributed by atoms with Crippen LogP contribution in [0.1, 0.15) is 37.3 Å². The van der Waals surface area contributed by atoms with E-state index in [0.717, 1.165) is 18.4 Å². The number of thiol groups is 1. The fraction of sp³-hybridized carbons (Fsp3) is 0.308. The van der Waals surface area contributed by atoms with Crippen molar-refractivity contribution in [3.8, 4) is 6.07 Å². The molecule has 18 heavy (non-hydrogen) atoms. The number of carbonyl (C=O) groups is 1. The van der Waals surface area contributed by atoms with Gasteiger partial charge in [-0.15, -0.1) is 12.6 Å². The molecule has 0 unspecified atom stereocenters. The van der Waals surface area contributed by atoms with Gasteiger partial charge in [0.2, 0.25) is 0 Å². The molecule has 0 heterocycles. The second kappa shape index (κ2) is 9.63. The lowest BCUT2D eigenvalue weighted by atomic mass is 10.2. The molecular weight excluding hydrogens is 266 g/mol. The fourth-order valence-corrected chi connectivity index (χ4v) is 1.30. The molecule has 0 aliphatic carbocycles. The highest BCUT2D eigenvalue weighted by atomic mass is 32.1. The average Bonchev–Trinajstić information content (AvgIpc) is 2.37. The molecule has 0 aliphatic heterocycles. The van der Waals surface area contributed by atoms with E-state index in [1.165, 1.54) is 0 Å². The van der Waals surface area contributed by atoms with Gasteiger partial charge in [0.1, 0.15) is 0 Å². The van der Waals surface area contributed by atoms with Crippen molar-refractivity contribution in [1.29, 1.82) is 5.26 Å². The van der Waals surface area contributed by atoms with Crippen molar-refractivity contribution in [2.24, 2.45) is 0 Å². The Morgan fingerprint density at radius 2 is 2.00 bits per heavy atom. The van der Waals surface area contributed by atoms with Crippen LogP contribution in [-0.4, -0.2) is 15.3 Å². The highest BCUT2D eigenvalue weighted by Gasteiger charge is 1.94. The molecule has 0 saturated heterocycles. The molecule has 0 amide bonds. The van der Waals surface area contributed by atoms with E-state index in [4.69, 9.17) is 22.6 Å². The van der Waals surface area contributed by atoms with Gasteiger partial charge in [-0.3, -0.25) is 4.79 Å². The van der Waals surface area contributed by atoms with Crippen LogP contribution in [0.25, 0.3) is 0 Å². The third kappa shape index (κ3) is 7.82. The number of carboxylic acids is 1. The molecule has 1 N–H and O–H groups in total. The van der Waals surface area contributed by atoms with Crippen molar-refractivity contribution in [3.05, 3.63) is 35.4 Å². The van der Waals surface area contributed by atoms with E-state index in [1.807, 2.05) is 13.0 Å². The van der Waals surface area contributed by atoms with Gasteiger partial charge < -0.3 is 5.11 Å². The van der Waals surface area contributed by atoms with Gasteiger partial charge in [-0.2, -0.15) is 5.26 Å². The molecule has 0 spiro atoms. The maximum absolute atomic E-state index is 9.76. The Morgan fingerprint density at radius 3 is 2.28 bits per heavy atom. The van der Waals surface area contributed by atoms with Crippen LogP contribution in [0.2, 0.25) is 0 Å².